The van der Waals surface area contributed by atoms with Crippen molar-refractivity contribution < 1.29 is 14.1 Å². The zero-order valence-electron chi connectivity index (χ0n) is 15.5. The summed E-state index contributed by atoms with van der Waals surface area (Å²) in [6.45, 7) is 9.49. The number of hydrogen-bond acceptors (Lipinski definition) is 7. The number of pyridine rings is 1. The first-order chi connectivity index (χ1) is 12.6. The second kappa shape index (κ2) is 8.27. The SMILES string of the molecule is CCOCC(=O)N1CCN(c2ccc(-c3noc(C(C)C)n3)cn2)CC1. The predicted octanol–water partition coefficient (Wildman–Crippen LogP) is 1.94. The van der Waals surface area contributed by atoms with E-state index in [1.54, 1.807) is 6.20 Å². The van der Waals surface area contributed by atoms with Crippen molar-refractivity contribution in [3.63, 3.8) is 0 Å². The minimum atomic E-state index is 0.0490. The summed E-state index contributed by atoms with van der Waals surface area (Å²) in [6, 6.07) is 3.91. The Kier molecular flexibility index (Phi) is 5.82. The molecule has 140 valence electrons. The van der Waals surface area contributed by atoms with Gasteiger partial charge in [0.15, 0.2) is 0 Å². The number of ether oxygens (including phenoxy) is 1. The third-order valence-corrected chi connectivity index (χ3v) is 4.33. The number of anilines is 1. The Bertz CT molecular complexity index is 721. The third kappa shape index (κ3) is 4.19. The van der Waals surface area contributed by atoms with Crippen molar-refractivity contribution in [2.24, 2.45) is 0 Å². The van der Waals surface area contributed by atoms with Gasteiger partial charge < -0.3 is 19.1 Å². The summed E-state index contributed by atoms with van der Waals surface area (Å²) in [7, 11) is 0. The van der Waals surface area contributed by atoms with Crippen LogP contribution in [0.3, 0.4) is 0 Å². The molecular formula is C18H25N5O3. The van der Waals surface area contributed by atoms with Gasteiger partial charge in [0, 0.05) is 50.5 Å². The fraction of sp³-hybridized carbons (Fsp3) is 0.556. The molecule has 2 aromatic rings. The van der Waals surface area contributed by atoms with E-state index in [0.29, 0.717) is 31.4 Å². The lowest BCUT2D eigenvalue weighted by molar-refractivity contribution is -0.136. The maximum Gasteiger partial charge on any atom is 0.248 e. The Labute approximate surface area is 153 Å². The van der Waals surface area contributed by atoms with E-state index in [1.165, 1.54) is 0 Å². The second-order valence-electron chi connectivity index (χ2n) is 6.52. The first kappa shape index (κ1) is 18.3. The summed E-state index contributed by atoms with van der Waals surface area (Å²) >= 11 is 0. The highest BCUT2D eigenvalue weighted by Crippen LogP contribution is 2.21. The minimum absolute atomic E-state index is 0.0490. The normalized spacial score (nSPS) is 14.9. The zero-order valence-corrected chi connectivity index (χ0v) is 15.5. The first-order valence-electron chi connectivity index (χ1n) is 8.99. The van der Waals surface area contributed by atoms with Crippen LogP contribution in [-0.4, -0.2) is 65.3 Å². The number of hydrogen-bond donors (Lipinski definition) is 0. The molecule has 8 nitrogen and oxygen atoms in total. The van der Waals surface area contributed by atoms with Gasteiger partial charge in [0.25, 0.3) is 0 Å². The molecule has 0 aromatic carbocycles. The quantitative estimate of drug-likeness (QED) is 0.779. The summed E-state index contributed by atoms with van der Waals surface area (Å²) in [5.41, 5.74) is 0.829. The van der Waals surface area contributed by atoms with Crippen LogP contribution in [0.5, 0.6) is 0 Å². The molecule has 3 rings (SSSR count). The number of nitrogens with zero attached hydrogens (tertiary/aromatic N) is 5. The van der Waals surface area contributed by atoms with Crippen LogP contribution in [-0.2, 0) is 9.53 Å². The van der Waals surface area contributed by atoms with Crippen LogP contribution in [0.1, 0.15) is 32.6 Å². The topological polar surface area (TPSA) is 84.6 Å². The predicted molar refractivity (Wildman–Crippen MR) is 96.9 cm³/mol. The molecule has 0 atom stereocenters. The number of carbonyl (C=O) groups is 1. The Morgan fingerprint density at radius 2 is 2.04 bits per heavy atom. The summed E-state index contributed by atoms with van der Waals surface area (Å²) < 4.78 is 10.4. The van der Waals surface area contributed by atoms with Gasteiger partial charge in [-0.15, -0.1) is 0 Å². The molecule has 1 fully saturated rings. The summed E-state index contributed by atoms with van der Waals surface area (Å²) in [4.78, 5) is 24.9. The van der Waals surface area contributed by atoms with Crippen LogP contribution < -0.4 is 4.90 Å². The molecule has 1 saturated heterocycles. The van der Waals surface area contributed by atoms with Crippen molar-refractivity contribution in [2.75, 3.05) is 44.3 Å². The Morgan fingerprint density at radius 1 is 1.27 bits per heavy atom. The van der Waals surface area contributed by atoms with Gasteiger partial charge in [-0.25, -0.2) is 4.98 Å². The van der Waals surface area contributed by atoms with Crippen LogP contribution in [0.2, 0.25) is 0 Å². The van der Waals surface area contributed by atoms with Crippen LogP contribution in [0.15, 0.2) is 22.9 Å². The van der Waals surface area contributed by atoms with Gasteiger partial charge in [-0.05, 0) is 19.1 Å². The second-order valence-corrected chi connectivity index (χ2v) is 6.52. The molecular weight excluding hydrogens is 334 g/mol. The summed E-state index contributed by atoms with van der Waals surface area (Å²) in [6.07, 6.45) is 1.76. The lowest BCUT2D eigenvalue weighted by atomic mass is 10.2. The molecule has 0 spiro atoms. The molecule has 0 radical (unpaired) electrons. The molecule has 1 aliphatic heterocycles. The van der Waals surface area contributed by atoms with E-state index < -0.39 is 0 Å². The Morgan fingerprint density at radius 3 is 2.62 bits per heavy atom. The minimum Gasteiger partial charge on any atom is -0.372 e. The van der Waals surface area contributed by atoms with Gasteiger partial charge in [-0.1, -0.05) is 19.0 Å². The van der Waals surface area contributed by atoms with Crippen molar-refractivity contribution in [1.82, 2.24) is 20.0 Å². The van der Waals surface area contributed by atoms with E-state index in [9.17, 15) is 4.79 Å². The Balaban J connectivity index is 1.58. The number of carbonyl (C=O) groups excluding carboxylic acids is 1. The number of aromatic nitrogens is 3. The fourth-order valence-corrected chi connectivity index (χ4v) is 2.76. The van der Waals surface area contributed by atoms with Crippen molar-refractivity contribution >= 4 is 11.7 Å². The fourth-order valence-electron chi connectivity index (χ4n) is 2.76. The van der Waals surface area contributed by atoms with E-state index in [4.69, 9.17) is 9.26 Å². The number of rotatable bonds is 6. The molecule has 2 aromatic heterocycles. The molecule has 3 heterocycles. The van der Waals surface area contributed by atoms with Gasteiger partial charge in [-0.3, -0.25) is 4.79 Å². The smallest absolute Gasteiger partial charge is 0.248 e. The first-order valence-corrected chi connectivity index (χ1v) is 8.99. The molecule has 1 aliphatic rings. The van der Waals surface area contributed by atoms with Gasteiger partial charge in [0.1, 0.15) is 12.4 Å². The maximum atomic E-state index is 12.0. The number of amides is 1. The Hall–Kier alpha value is -2.48. The largest absolute Gasteiger partial charge is 0.372 e. The molecule has 0 saturated carbocycles. The average molecular weight is 359 g/mol. The van der Waals surface area contributed by atoms with Crippen LogP contribution in [0, 0.1) is 0 Å². The highest BCUT2D eigenvalue weighted by atomic mass is 16.5. The number of piperazine rings is 1. The van der Waals surface area contributed by atoms with Crippen molar-refractivity contribution in [1.29, 1.82) is 0 Å². The van der Waals surface area contributed by atoms with Crippen molar-refractivity contribution in [2.45, 2.75) is 26.7 Å². The molecule has 0 N–H and O–H groups in total. The van der Waals surface area contributed by atoms with Crippen LogP contribution in [0.25, 0.3) is 11.4 Å². The van der Waals surface area contributed by atoms with Gasteiger partial charge in [-0.2, -0.15) is 4.98 Å². The molecule has 26 heavy (non-hydrogen) atoms. The maximum absolute atomic E-state index is 12.0. The van der Waals surface area contributed by atoms with Gasteiger partial charge in [0.2, 0.25) is 17.6 Å². The zero-order chi connectivity index (χ0) is 18.5. The van der Waals surface area contributed by atoms with E-state index in [2.05, 4.69) is 20.0 Å². The van der Waals surface area contributed by atoms with E-state index >= 15 is 0 Å². The lowest BCUT2D eigenvalue weighted by Gasteiger charge is -2.35. The van der Waals surface area contributed by atoms with Gasteiger partial charge >= 0.3 is 0 Å². The lowest BCUT2D eigenvalue weighted by Crippen LogP contribution is -2.50. The third-order valence-electron chi connectivity index (χ3n) is 4.33. The van der Waals surface area contributed by atoms with Crippen LogP contribution in [0.4, 0.5) is 5.82 Å². The molecule has 8 heteroatoms. The molecule has 0 bridgehead atoms. The van der Waals surface area contributed by atoms with Crippen molar-refractivity contribution in [3.8, 4) is 11.4 Å². The monoisotopic (exact) mass is 359 g/mol. The average Bonchev–Trinajstić information content (AvgIpc) is 3.17. The van der Waals surface area contributed by atoms with E-state index in [-0.39, 0.29) is 18.4 Å². The highest BCUT2D eigenvalue weighted by Gasteiger charge is 2.22. The highest BCUT2D eigenvalue weighted by molar-refractivity contribution is 5.77. The standard InChI is InChI=1S/C18H25N5O3/c1-4-25-12-16(24)23-9-7-22(8-10-23)15-6-5-14(11-19-15)17-20-18(13(2)3)26-21-17/h5-6,11,13H,4,7-10,12H2,1-3H3. The molecule has 1 amide bonds. The van der Waals surface area contributed by atoms with Gasteiger partial charge in [0.05, 0.1) is 0 Å². The molecule has 0 unspecified atom stereocenters. The van der Waals surface area contributed by atoms with E-state index in [1.807, 2.05) is 37.8 Å². The summed E-state index contributed by atoms with van der Waals surface area (Å²) in [5, 5.41) is 4.01. The van der Waals surface area contributed by atoms with Crippen molar-refractivity contribution in [3.05, 3.63) is 24.2 Å². The summed E-state index contributed by atoms with van der Waals surface area (Å²) in [5.74, 6) is 2.31. The van der Waals surface area contributed by atoms with E-state index in [0.717, 1.165) is 24.5 Å². The van der Waals surface area contributed by atoms with Crippen LogP contribution >= 0.6 is 0 Å². The molecule has 0 aliphatic carbocycles.